The monoisotopic (exact) mass is 540 g/mol. The second-order valence-electron chi connectivity index (χ2n) is 10.4. The number of piperidine rings is 1. The summed E-state index contributed by atoms with van der Waals surface area (Å²) < 4.78 is 5.94. The predicted octanol–water partition coefficient (Wildman–Crippen LogP) is 1.80. The third-order valence-corrected chi connectivity index (χ3v) is 7.87. The number of quaternary nitrogens is 1. The number of non-ortho nitro benzene ring substituents is 1. The fourth-order valence-corrected chi connectivity index (χ4v) is 6.01. The molecule has 0 spiro atoms. The number of hydrogen-bond acceptors (Lipinski definition) is 8. The first kappa shape index (κ1) is 28.3. The minimum Gasteiger partial charge on any atom is -0.365 e. The highest BCUT2D eigenvalue weighted by Crippen LogP contribution is 2.40. The molecule has 2 fully saturated rings. The lowest BCUT2D eigenvalue weighted by molar-refractivity contribution is -0.385. The first-order valence-electron chi connectivity index (χ1n) is 12.8. The number of amides is 3. The predicted molar refractivity (Wildman–Crippen MR) is 141 cm³/mol. The molecule has 0 radical (unpaired) electrons. The molecule has 2 saturated heterocycles. The summed E-state index contributed by atoms with van der Waals surface area (Å²) >= 11 is 0. The number of carbonyl (C=O) groups is 3. The van der Waals surface area contributed by atoms with Crippen molar-refractivity contribution in [3.8, 4) is 0 Å². The van der Waals surface area contributed by atoms with Gasteiger partial charge in [-0.1, -0.05) is 24.3 Å². The Morgan fingerprint density at radius 2 is 1.97 bits per heavy atom. The van der Waals surface area contributed by atoms with E-state index in [0.717, 1.165) is 0 Å². The van der Waals surface area contributed by atoms with Crippen LogP contribution < -0.4 is 15.7 Å². The molecule has 3 amide bonds. The van der Waals surface area contributed by atoms with Gasteiger partial charge in [-0.25, -0.2) is 14.8 Å². The number of nitrogens with two attached hydrogens (primary N) is 1. The van der Waals surface area contributed by atoms with Gasteiger partial charge in [0.15, 0.2) is 6.04 Å². The van der Waals surface area contributed by atoms with Crippen LogP contribution in [0.4, 0.5) is 11.4 Å². The van der Waals surface area contributed by atoms with Crippen molar-refractivity contribution >= 4 is 29.1 Å². The number of likely N-dealkylation sites (tertiary alicyclic amines) is 2. The lowest BCUT2D eigenvalue weighted by Crippen LogP contribution is -2.68. The maximum Gasteiger partial charge on any atom is 0.338 e. The van der Waals surface area contributed by atoms with Crippen LogP contribution in [0.2, 0.25) is 0 Å². The fraction of sp³-hybridized carbons (Fsp3) is 0.444. The standard InChI is InChI=1S/C27H33N5O7/c1-17-10-19(12-21(11-17)31(37)38)16-39-24-15-32(27(35)26(24)28,22-6-4-3-5-7-22)23-14-30(18(2)33)9-8-20(23)13-25(34)29-36/h3-7,10-12,20,23-24,26H,8-9,13-16,28H2,1-2H3,(H-,29,34,36)/p+1/t20?,23-,24?,26?,32+/m0/s1. The van der Waals surface area contributed by atoms with E-state index in [0.29, 0.717) is 29.8 Å². The van der Waals surface area contributed by atoms with E-state index in [4.69, 9.17) is 10.5 Å². The van der Waals surface area contributed by atoms with Crippen molar-refractivity contribution in [2.45, 2.75) is 51.5 Å². The number of hydroxylamine groups is 1. The minimum atomic E-state index is -1.01. The fourth-order valence-electron chi connectivity index (χ4n) is 6.01. The second-order valence-corrected chi connectivity index (χ2v) is 10.4. The summed E-state index contributed by atoms with van der Waals surface area (Å²) in [5.74, 6) is -1.34. The summed E-state index contributed by atoms with van der Waals surface area (Å²) in [5.41, 5.74) is 10.1. The van der Waals surface area contributed by atoms with Crippen molar-refractivity contribution in [3.05, 3.63) is 69.8 Å². The molecular formula is C27H34N5O7+. The third kappa shape index (κ3) is 5.69. The number of ether oxygens (including phenoxy) is 1. The van der Waals surface area contributed by atoms with Gasteiger partial charge in [0, 0.05) is 37.9 Å². The number of benzene rings is 2. The summed E-state index contributed by atoms with van der Waals surface area (Å²) in [6.45, 7) is 4.05. The molecule has 2 aromatic rings. The van der Waals surface area contributed by atoms with Gasteiger partial charge in [-0.05, 0) is 36.6 Å². The molecule has 0 aromatic heterocycles. The lowest BCUT2D eigenvalue weighted by Gasteiger charge is -2.47. The molecule has 4 N–H and O–H groups in total. The summed E-state index contributed by atoms with van der Waals surface area (Å²) in [7, 11) is 0. The molecule has 2 aromatic carbocycles. The number of rotatable bonds is 8. The molecule has 5 atom stereocenters. The number of nitrogens with one attached hydrogen (secondary N) is 1. The molecule has 0 bridgehead atoms. The topological polar surface area (TPSA) is 165 Å². The van der Waals surface area contributed by atoms with Gasteiger partial charge >= 0.3 is 5.91 Å². The highest BCUT2D eigenvalue weighted by molar-refractivity contribution is 5.96. The molecule has 12 heteroatoms. The van der Waals surface area contributed by atoms with E-state index in [1.165, 1.54) is 19.1 Å². The SMILES string of the molecule is CC(=O)N1CCC(CC(=O)NO)[C@@H]([N@+]2(c3ccccc3)CC(OCc3cc(C)cc([N+](=O)[O-])c3)C(N)C2=O)C1. The molecular weight excluding hydrogens is 506 g/mol. The normalized spacial score (nSPS) is 26.9. The molecule has 3 unspecified atom stereocenters. The van der Waals surface area contributed by atoms with Crippen LogP contribution in [0.1, 0.15) is 30.9 Å². The van der Waals surface area contributed by atoms with Gasteiger partial charge in [0.1, 0.15) is 24.4 Å². The highest BCUT2D eigenvalue weighted by atomic mass is 16.6. The van der Waals surface area contributed by atoms with Crippen LogP contribution in [0.5, 0.6) is 0 Å². The maximum absolute atomic E-state index is 14.1. The van der Waals surface area contributed by atoms with E-state index in [1.54, 1.807) is 23.4 Å². The Hall–Kier alpha value is -3.71. The smallest absolute Gasteiger partial charge is 0.338 e. The Kier molecular flexibility index (Phi) is 8.40. The molecule has 39 heavy (non-hydrogen) atoms. The van der Waals surface area contributed by atoms with Crippen LogP contribution in [-0.4, -0.2) is 70.6 Å². The van der Waals surface area contributed by atoms with Crippen LogP contribution in [0, 0.1) is 23.0 Å². The van der Waals surface area contributed by atoms with Crippen LogP contribution >= 0.6 is 0 Å². The summed E-state index contributed by atoms with van der Waals surface area (Å²) in [5, 5.41) is 20.5. The molecule has 2 heterocycles. The van der Waals surface area contributed by atoms with E-state index in [9.17, 15) is 29.7 Å². The zero-order valence-electron chi connectivity index (χ0n) is 22.0. The zero-order chi connectivity index (χ0) is 28.3. The molecule has 2 aliphatic rings. The molecule has 0 saturated carbocycles. The number of para-hydroxylation sites is 1. The zero-order valence-corrected chi connectivity index (χ0v) is 22.0. The number of nitro groups is 1. The van der Waals surface area contributed by atoms with E-state index in [-0.39, 0.29) is 54.0 Å². The second kappa shape index (κ2) is 11.6. The van der Waals surface area contributed by atoms with Gasteiger partial charge in [0.2, 0.25) is 11.8 Å². The van der Waals surface area contributed by atoms with Crippen LogP contribution in [0.15, 0.2) is 48.5 Å². The Morgan fingerprint density at radius 1 is 1.26 bits per heavy atom. The van der Waals surface area contributed by atoms with Gasteiger partial charge in [-0.15, -0.1) is 0 Å². The minimum absolute atomic E-state index is 0.0174. The Bertz CT molecular complexity index is 1260. The maximum atomic E-state index is 14.1. The number of hydrogen-bond donors (Lipinski definition) is 3. The number of carbonyl (C=O) groups excluding carboxylic acids is 3. The average molecular weight is 541 g/mol. The first-order valence-corrected chi connectivity index (χ1v) is 12.8. The summed E-state index contributed by atoms with van der Waals surface area (Å²) in [4.78, 5) is 51.3. The van der Waals surface area contributed by atoms with E-state index < -0.39 is 29.0 Å². The quantitative estimate of drug-likeness (QED) is 0.197. The molecule has 208 valence electrons. The van der Waals surface area contributed by atoms with Gasteiger partial charge in [0.05, 0.1) is 18.1 Å². The Labute approximate surface area is 226 Å². The van der Waals surface area contributed by atoms with E-state index in [2.05, 4.69) is 0 Å². The number of aryl methyl sites for hydroxylation is 1. The van der Waals surface area contributed by atoms with Crippen molar-refractivity contribution in [3.63, 3.8) is 0 Å². The molecule has 4 rings (SSSR count). The summed E-state index contributed by atoms with van der Waals surface area (Å²) in [6, 6.07) is 12.3. The number of nitrogens with zero attached hydrogens (tertiary/aromatic N) is 3. The van der Waals surface area contributed by atoms with Crippen molar-refractivity contribution in [1.29, 1.82) is 0 Å². The van der Waals surface area contributed by atoms with Gasteiger partial charge in [0.25, 0.3) is 5.69 Å². The Balaban J connectivity index is 1.71. The van der Waals surface area contributed by atoms with Crippen molar-refractivity contribution in [1.82, 2.24) is 14.9 Å². The van der Waals surface area contributed by atoms with Gasteiger partial charge in [-0.2, -0.15) is 0 Å². The van der Waals surface area contributed by atoms with E-state index >= 15 is 0 Å². The van der Waals surface area contributed by atoms with Crippen LogP contribution in [0.3, 0.4) is 0 Å². The lowest BCUT2D eigenvalue weighted by atomic mass is 9.85. The highest BCUT2D eigenvalue weighted by Gasteiger charge is 2.61. The first-order chi connectivity index (χ1) is 18.6. The average Bonchev–Trinajstić information content (AvgIpc) is 3.18. The van der Waals surface area contributed by atoms with Crippen LogP contribution in [0.25, 0.3) is 0 Å². The van der Waals surface area contributed by atoms with Gasteiger partial charge < -0.3 is 15.4 Å². The van der Waals surface area contributed by atoms with Gasteiger partial charge in [-0.3, -0.25) is 24.9 Å². The molecule has 0 aliphatic carbocycles. The van der Waals surface area contributed by atoms with Crippen molar-refractivity contribution in [2.75, 3.05) is 19.6 Å². The van der Waals surface area contributed by atoms with E-state index in [1.807, 2.05) is 30.3 Å². The third-order valence-electron chi connectivity index (χ3n) is 7.87. The molecule has 12 nitrogen and oxygen atoms in total. The number of nitro benzene ring substituents is 1. The van der Waals surface area contributed by atoms with Crippen molar-refractivity contribution < 1.29 is 29.3 Å². The Morgan fingerprint density at radius 3 is 2.62 bits per heavy atom. The van der Waals surface area contributed by atoms with Crippen molar-refractivity contribution in [2.24, 2.45) is 11.7 Å². The summed E-state index contributed by atoms with van der Waals surface area (Å²) in [6.07, 6.45) is -0.288. The van der Waals surface area contributed by atoms with Crippen LogP contribution in [-0.2, 0) is 25.7 Å². The molecule has 2 aliphatic heterocycles. The largest absolute Gasteiger partial charge is 0.365 e.